The molecule has 0 unspecified atom stereocenters. The molecule has 59 heavy (non-hydrogen) atoms. The third-order valence-corrected chi connectivity index (χ3v) is 11.4. The molecule has 0 amide bonds. The Hall–Kier alpha value is -6.84. The van der Waals surface area contributed by atoms with E-state index < -0.39 is 0 Å². The Morgan fingerprint density at radius 3 is 1.53 bits per heavy atom. The van der Waals surface area contributed by atoms with Crippen LogP contribution in [-0.4, -0.2) is 39.2 Å². The van der Waals surface area contributed by atoms with Crippen LogP contribution in [0.5, 0.6) is 0 Å². The van der Waals surface area contributed by atoms with Gasteiger partial charge in [0.15, 0.2) is 5.58 Å². The van der Waals surface area contributed by atoms with E-state index in [1.165, 1.54) is 16.3 Å². The van der Waals surface area contributed by atoms with Crippen molar-refractivity contribution >= 4 is 116 Å². The number of anilines is 3. The van der Waals surface area contributed by atoms with Crippen LogP contribution in [0.15, 0.2) is 186 Å². The second kappa shape index (κ2) is 14.8. The molecule has 0 saturated heterocycles. The second-order valence-electron chi connectivity index (χ2n) is 14.8. The lowest BCUT2D eigenvalue weighted by molar-refractivity contribution is 0.670. The zero-order valence-electron chi connectivity index (χ0n) is 32.1. The third-order valence-electron chi connectivity index (χ3n) is 11.4. The van der Waals surface area contributed by atoms with Crippen LogP contribution in [0.4, 0.5) is 17.1 Å². The summed E-state index contributed by atoms with van der Waals surface area (Å²) in [4.78, 5) is 2.24. The van der Waals surface area contributed by atoms with Gasteiger partial charge in [0, 0.05) is 27.7 Å². The van der Waals surface area contributed by atoms with Crippen LogP contribution in [0.25, 0.3) is 77.2 Å². The van der Waals surface area contributed by atoms with Crippen molar-refractivity contribution in [3.05, 3.63) is 182 Å². The summed E-state index contributed by atoms with van der Waals surface area (Å²) in [6.45, 7) is 0. The Kier molecular flexibility index (Phi) is 9.18. The number of fused-ring (bicyclic) bond motifs is 4. The highest BCUT2D eigenvalue weighted by molar-refractivity contribution is 6.68. The van der Waals surface area contributed by atoms with Crippen molar-refractivity contribution in [1.29, 1.82) is 0 Å². The quantitative estimate of drug-likeness (QED) is 0.152. The molecule has 0 aliphatic carbocycles. The first kappa shape index (κ1) is 36.5. The first-order valence-corrected chi connectivity index (χ1v) is 19.5. The molecule has 10 radical (unpaired) electrons. The number of rotatable bonds is 7. The highest BCUT2D eigenvalue weighted by atomic mass is 16.3. The number of benzene rings is 9. The molecule has 10 rings (SSSR count). The maximum absolute atomic E-state index is 7.07. The first-order chi connectivity index (χ1) is 28.9. The molecule has 0 spiro atoms. The molecule has 0 bridgehead atoms. The standard InChI is InChI=1S/C52H30B5NO/c53-46-45(47(54)49(56)50(57)48(46)55)35-23-27-38(28-24-35)58(37-25-21-34(22-26-37)40-18-9-16-32-15-7-8-17-39(32)40)44-30-36(31-11-3-1-4-12-31)29-43-42-20-10-19-41(51(42)59-52(43)44)33-13-5-2-6-14-33/h1-30H. The highest BCUT2D eigenvalue weighted by Gasteiger charge is 2.23. The van der Waals surface area contributed by atoms with E-state index in [0.29, 0.717) is 5.56 Å². The number of nitrogens with zero attached hydrogens (tertiary/aromatic N) is 1. The Bertz CT molecular complexity index is 3160. The summed E-state index contributed by atoms with van der Waals surface area (Å²) in [6, 6.07) is 63.3. The van der Waals surface area contributed by atoms with E-state index in [0.717, 1.165) is 72.4 Å². The number of hydrogen-bond acceptors (Lipinski definition) is 2. The van der Waals surface area contributed by atoms with Crippen molar-refractivity contribution in [2.24, 2.45) is 0 Å². The van der Waals surface area contributed by atoms with Crippen LogP contribution >= 0.6 is 0 Å². The summed E-state index contributed by atoms with van der Waals surface area (Å²) in [7, 11) is 31.8. The second-order valence-corrected chi connectivity index (χ2v) is 14.8. The molecule has 10 aromatic rings. The van der Waals surface area contributed by atoms with Crippen molar-refractivity contribution in [2.45, 2.75) is 0 Å². The molecule has 264 valence electrons. The molecule has 7 heteroatoms. The van der Waals surface area contributed by atoms with Gasteiger partial charge in [0.05, 0.1) is 5.69 Å². The molecule has 1 aromatic heterocycles. The molecule has 9 aromatic carbocycles. The summed E-state index contributed by atoms with van der Waals surface area (Å²) >= 11 is 0. The molecular formula is C52H30B5NO. The molecule has 0 N–H and O–H groups in total. The van der Waals surface area contributed by atoms with Crippen molar-refractivity contribution < 1.29 is 4.42 Å². The molecule has 1 heterocycles. The van der Waals surface area contributed by atoms with Crippen LogP contribution in [0.2, 0.25) is 0 Å². The predicted octanol–water partition coefficient (Wildman–Crippen LogP) is 8.85. The van der Waals surface area contributed by atoms with E-state index in [4.69, 9.17) is 43.6 Å². The van der Waals surface area contributed by atoms with Gasteiger partial charge in [-0.1, -0.05) is 157 Å². The van der Waals surface area contributed by atoms with Gasteiger partial charge in [-0.3, -0.25) is 0 Å². The van der Waals surface area contributed by atoms with Crippen molar-refractivity contribution in [2.75, 3.05) is 4.90 Å². The van der Waals surface area contributed by atoms with E-state index in [1.54, 1.807) is 0 Å². The lowest BCUT2D eigenvalue weighted by atomic mass is 9.60. The van der Waals surface area contributed by atoms with Gasteiger partial charge in [0.25, 0.3) is 0 Å². The minimum absolute atomic E-state index is 0.182. The molecule has 0 fully saturated rings. The zero-order valence-corrected chi connectivity index (χ0v) is 32.1. The molecule has 0 aliphatic heterocycles. The van der Waals surface area contributed by atoms with Gasteiger partial charge in [0.2, 0.25) is 0 Å². The van der Waals surface area contributed by atoms with E-state index in [2.05, 4.69) is 163 Å². The van der Waals surface area contributed by atoms with Gasteiger partial charge < -0.3 is 9.32 Å². The largest absolute Gasteiger partial charge is 0.453 e. The van der Waals surface area contributed by atoms with Crippen LogP contribution in [0.3, 0.4) is 0 Å². The van der Waals surface area contributed by atoms with Crippen LogP contribution in [0, 0.1) is 0 Å². The maximum Gasteiger partial charge on any atom is 0.159 e. The average Bonchev–Trinajstić information content (AvgIpc) is 3.68. The molecule has 2 nitrogen and oxygen atoms in total. The third kappa shape index (κ3) is 6.30. The Balaban J connectivity index is 1.22. The fourth-order valence-corrected chi connectivity index (χ4v) is 8.32. The van der Waals surface area contributed by atoms with Crippen molar-refractivity contribution in [1.82, 2.24) is 0 Å². The van der Waals surface area contributed by atoms with Gasteiger partial charge in [-0.05, 0) is 86.1 Å². The van der Waals surface area contributed by atoms with E-state index in [9.17, 15) is 0 Å². The highest BCUT2D eigenvalue weighted by Crippen LogP contribution is 2.46. The summed E-state index contributed by atoms with van der Waals surface area (Å²) in [6.07, 6.45) is 0. The number of para-hydroxylation sites is 1. The van der Waals surface area contributed by atoms with Crippen LogP contribution in [-0.2, 0) is 0 Å². The fraction of sp³-hybridized carbons (Fsp3) is 0. The topological polar surface area (TPSA) is 16.4 Å². The molecule has 0 saturated carbocycles. The van der Waals surface area contributed by atoms with E-state index in [-0.39, 0.29) is 27.3 Å². The van der Waals surface area contributed by atoms with Crippen molar-refractivity contribution in [3.8, 4) is 44.5 Å². The lowest BCUT2D eigenvalue weighted by Gasteiger charge is -2.27. The SMILES string of the molecule is [B]c1c([B])c([B])c(-c2ccc(N(c3ccc(-c4cccc5ccccc45)cc3)c3cc(-c4ccccc4)cc4c3oc3c(-c5ccccc5)cccc34)cc2)c([B])c1[B]. The summed E-state index contributed by atoms with van der Waals surface area (Å²) < 4.78 is 7.07. The van der Waals surface area contributed by atoms with Gasteiger partial charge >= 0.3 is 0 Å². The Morgan fingerprint density at radius 2 is 0.847 bits per heavy atom. The number of hydrogen-bond donors (Lipinski definition) is 0. The average molecular weight is 739 g/mol. The van der Waals surface area contributed by atoms with E-state index in [1.807, 2.05) is 24.3 Å². The van der Waals surface area contributed by atoms with Gasteiger partial charge in [-0.15, -0.1) is 16.4 Å². The smallest absolute Gasteiger partial charge is 0.159 e. The number of furan rings is 1. The zero-order chi connectivity index (χ0) is 40.2. The summed E-state index contributed by atoms with van der Waals surface area (Å²) in [5.74, 6) is 0. The summed E-state index contributed by atoms with van der Waals surface area (Å²) in [5.41, 5.74) is 13.3. The molecular weight excluding hydrogens is 709 g/mol. The maximum atomic E-state index is 7.07. The summed E-state index contributed by atoms with van der Waals surface area (Å²) in [5, 5.41) is 4.44. The van der Waals surface area contributed by atoms with Gasteiger partial charge in [-0.2, -0.15) is 0 Å². The van der Waals surface area contributed by atoms with E-state index >= 15 is 0 Å². The minimum Gasteiger partial charge on any atom is -0.453 e. The lowest BCUT2D eigenvalue weighted by Crippen LogP contribution is -2.55. The molecule has 0 atom stereocenters. The van der Waals surface area contributed by atoms with Crippen LogP contribution in [0.1, 0.15) is 0 Å². The fourth-order valence-electron chi connectivity index (χ4n) is 8.32. The Morgan fingerprint density at radius 1 is 0.339 bits per heavy atom. The minimum atomic E-state index is 0.182. The Labute approximate surface area is 350 Å². The van der Waals surface area contributed by atoms with Crippen LogP contribution < -0.4 is 32.2 Å². The van der Waals surface area contributed by atoms with Gasteiger partial charge in [0.1, 0.15) is 44.8 Å². The first-order valence-electron chi connectivity index (χ1n) is 19.5. The van der Waals surface area contributed by atoms with Gasteiger partial charge in [-0.25, -0.2) is 0 Å². The van der Waals surface area contributed by atoms with Crippen molar-refractivity contribution in [3.63, 3.8) is 0 Å². The normalized spacial score (nSPS) is 11.4. The predicted molar refractivity (Wildman–Crippen MR) is 255 cm³/mol. The molecule has 0 aliphatic rings. The monoisotopic (exact) mass is 739 g/mol.